The summed E-state index contributed by atoms with van der Waals surface area (Å²) in [7, 11) is 3.08. The van der Waals surface area contributed by atoms with E-state index in [0.29, 0.717) is 5.56 Å². The molecule has 0 bridgehead atoms. The molecule has 0 fully saturated rings. The van der Waals surface area contributed by atoms with Gasteiger partial charge in [-0.3, -0.25) is 0 Å². The number of unbranched alkanes of at least 4 members (excludes halogenated alkanes) is 3. The lowest BCUT2D eigenvalue weighted by Gasteiger charge is -2.32. The predicted octanol–water partition coefficient (Wildman–Crippen LogP) is 9.09. The van der Waals surface area contributed by atoms with Gasteiger partial charge in [-0.2, -0.15) is 0 Å². The van der Waals surface area contributed by atoms with Crippen LogP contribution in [0.2, 0.25) is 0 Å². The molecule has 0 aliphatic rings. The first-order valence-electron chi connectivity index (χ1n) is 13.8. The van der Waals surface area contributed by atoms with Gasteiger partial charge in [0.05, 0.1) is 25.8 Å². The monoisotopic (exact) mass is 521 g/mol. The Bertz CT molecular complexity index is 1380. The van der Waals surface area contributed by atoms with E-state index in [2.05, 4.69) is 61.3 Å². The second-order valence-corrected chi connectivity index (χ2v) is 10.0. The van der Waals surface area contributed by atoms with Crippen molar-refractivity contribution in [2.45, 2.75) is 45.1 Å². The van der Waals surface area contributed by atoms with Crippen molar-refractivity contribution in [3.63, 3.8) is 0 Å². The van der Waals surface area contributed by atoms with Crippen molar-refractivity contribution in [2.75, 3.05) is 19.5 Å². The molecule has 4 aromatic rings. The van der Waals surface area contributed by atoms with Crippen LogP contribution >= 0.6 is 0 Å². The number of hydrogen-bond donors (Lipinski definition) is 1. The van der Waals surface area contributed by atoms with Crippen molar-refractivity contribution in [3.05, 3.63) is 114 Å². The Labute approximate surface area is 232 Å². The van der Waals surface area contributed by atoms with Crippen LogP contribution in [-0.4, -0.2) is 20.2 Å². The SMILES string of the molecule is C=C(c1ccc2ccccc2c1)[C@@H](CCCCCC)[C@@H](Nc1ccc(OC)cc1)c1ccc(C(=O)OC)cc1. The summed E-state index contributed by atoms with van der Waals surface area (Å²) in [6.07, 6.45) is 5.72. The Morgan fingerprint density at radius 2 is 1.51 bits per heavy atom. The maximum Gasteiger partial charge on any atom is 0.337 e. The van der Waals surface area contributed by atoms with Gasteiger partial charge in [0.25, 0.3) is 0 Å². The maximum absolute atomic E-state index is 12.1. The van der Waals surface area contributed by atoms with Gasteiger partial charge in [0.1, 0.15) is 5.75 Å². The lowest BCUT2D eigenvalue weighted by molar-refractivity contribution is 0.0600. The second-order valence-electron chi connectivity index (χ2n) is 10.0. The number of benzene rings is 4. The number of methoxy groups -OCH3 is 2. The van der Waals surface area contributed by atoms with E-state index >= 15 is 0 Å². The van der Waals surface area contributed by atoms with Gasteiger partial charge in [0, 0.05) is 11.6 Å². The van der Waals surface area contributed by atoms with Crippen molar-refractivity contribution >= 4 is 28.0 Å². The number of ether oxygens (including phenoxy) is 2. The molecule has 1 N–H and O–H groups in total. The van der Waals surface area contributed by atoms with Crippen molar-refractivity contribution < 1.29 is 14.3 Å². The first-order chi connectivity index (χ1) is 19.0. The number of rotatable bonds is 13. The quantitative estimate of drug-likeness (QED) is 0.141. The molecule has 0 spiro atoms. The third kappa shape index (κ3) is 7.08. The standard InChI is InChI=1S/C35H39NO3/c1-5-6-7-8-13-33(25(2)29-19-14-26-11-9-10-12-30(26)24-29)34(36-31-20-22-32(38-3)23-21-31)27-15-17-28(18-16-27)35(37)39-4/h9-12,14-24,33-34,36H,2,5-8,13H2,1,3-4H3/t33-,34+/m1/s1. The molecule has 39 heavy (non-hydrogen) atoms. The van der Waals surface area contributed by atoms with Gasteiger partial charge in [-0.05, 0) is 76.4 Å². The average Bonchev–Trinajstić information content (AvgIpc) is 2.99. The molecule has 4 nitrogen and oxygen atoms in total. The number of hydrogen-bond acceptors (Lipinski definition) is 4. The Morgan fingerprint density at radius 1 is 0.821 bits per heavy atom. The van der Waals surface area contributed by atoms with Crippen molar-refractivity contribution in [2.24, 2.45) is 5.92 Å². The summed E-state index contributed by atoms with van der Waals surface area (Å²) in [5, 5.41) is 6.24. The van der Waals surface area contributed by atoms with Crippen LogP contribution in [0.15, 0.2) is 97.6 Å². The minimum absolute atomic E-state index is 0.0503. The second kappa shape index (κ2) is 13.7. The van der Waals surface area contributed by atoms with Crippen LogP contribution in [0.1, 0.15) is 66.6 Å². The summed E-state index contributed by atoms with van der Waals surface area (Å²) in [4.78, 5) is 12.1. The normalized spacial score (nSPS) is 12.5. The molecular formula is C35H39NO3. The maximum atomic E-state index is 12.1. The summed E-state index contributed by atoms with van der Waals surface area (Å²) >= 11 is 0. The Kier molecular flexibility index (Phi) is 9.80. The molecule has 0 amide bonds. The van der Waals surface area contributed by atoms with Crippen LogP contribution in [0.25, 0.3) is 16.3 Å². The molecule has 0 aromatic heterocycles. The Morgan fingerprint density at radius 3 is 2.18 bits per heavy atom. The van der Waals surface area contributed by atoms with Gasteiger partial charge < -0.3 is 14.8 Å². The summed E-state index contributed by atoms with van der Waals surface area (Å²) in [6.45, 7) is 6.91. The van der Waals surface area contributed by atoms with Gasteiger partial charge >= 0.3 is 5.97 Å². The number of esters is 1. The van der Waals surface area contributed by atoms with Crippen LogP contribution in [0, 0.1) is 5.92 Å². The molecule has 0 unspecified atom stereocenters. The highest BCUT2D eigenvalue weighted by Gasteiger charge is 2.27. The van der Waals surface area contributed by atoms with Crippen LogP contribution < -0.4 is 10.1 Å². The average molecular weight is 522 g/mol. The fourth-order valence-corrected chi connectivity index (χ4v) is 5.16. The van der Waals surface area contributed by atoms with E-state index in [0.717, 1.165) is 41.0 Å². The summed E-state index contributed by atoms with van der Waals surface area (Å²) in [6, 6.07) is 30.8. The van der Waals surface area contributed by atoms with Crippen LogP contribution in [0.4, 0.5) is 5.69 Å². The lowest BCUT2D eigenvalue weighted by atomic mass is 9.80. The zero-order valence-corrected chi connectivity index (χ0v) is 23.3. The molecule has 4 heteroatoms. The summed E-state index contributed by atoms with van der Waals surface area (Å²) < 4.78 is 10.3. The highest BCUT2D eigenvalue weighted by Crippen LogP contribution is 2.40. The van der Waals surface area contributed by atoms with Crippen molar-refractivity contribution in [1.82, 2.24) is 0 Å². The van der Waals surface area contributed by atoms with E-state index in [-0.39, 0.29) is 17.9 Å². The van der Waals surface area contributed by atoms with Crippen molar-refractivity contribution in [3.8, 4) is 5.75 Å². The molecule has 4 rings (SSSR count). The number of carbonyl (C=O) groups excluding carboxylic acids is 1. The van der Waals surface area contributed by atoms with E-state index in [1.54, 1.807) is 7.11 Å². The third-order valence-electron chi connectivity index (χ3n) is 7.44. The molecule has 0 aliphatic carbocycles. The third-order valence-corrected chi connectivity index (χ3v) is 7.44. The molecule has 202 valence electrons. The molecule has 0 saturated carbocycles. The number of carbonyl (C=O) groups is 1. The van der Waals surface area contributed by atoms with Crippen LogP contribution in [0.3, 0.4) is 0 Å². The van der Waals surface area contributed by atoms with Gasteiger partial charge in [-0.25, -0.2) is 4.79 Å². The van der Waals surface area contributed by atoms with E-state index in [4.69, 9.17) is 9.47 Å². The minimum Gasteiger partial charge on any atom is -0.497 e. The first-order valence-corrected chi connectivity index (χ1v) is 13.8. The zero-order chi connectivity index (χ0) is 27.6. The van der Waals surface area contributed by atoms with E-state index in [1.807, 2.05) is 48.5 Å². The fourth-order valence-electron chi connectivity index (χ4n) is 5.16. The van der Waals surface area contributed by atoms with Crippen LogP contribution in [0.5, 0.6) is 5.75 Å². The first kappa shape index (κ1) is 28.0. The van der Waals surface area contributed by atoms with E-state index in [9.17, 15) is 4.79 Å². The number of anilines is 1. The van der Waals surface area contributed by atoms with Gasteiger partial charge in [0.2, 0.25) is 0 Å². The molecule has 0 heterocycles. The highest BCUT2D eigenvalue weighted by atomic mass is 16.5. The zero-order valence-electron chi connectivity index (χ0n) is 23.3. The lowest BCUT2D eigenvalue weighted by Crippen LogP contribution is -2.22. The molecule has 0 aliphatic heterocycles. The Hall–Kier alpha value is -4.05. The van der Waals surface area contributed by atoms with E-state index < -0.39 is 0 Å². The molecule has 4 aromatic carbocycles. The van der Waals surface area contributed by atoms with Gasteiger partial charge in [0.15, 0.2) is 0 Å². The number of nitrogens with one attached hydrogen (secondary N) is 1. The topological polar surface area (TPSA) is 47.6 Å². The van der Waals surface area contributed by atoms with Crippen molar-refractivity contribution in [1.29, 1.82) is 0 Å². The fraction of sp³-hybridized carbons (Fsp3) is 0.286. The predicted molar refractivity (Wildman–Crippen MR) is 162 cm³/mol. The molecule has 0 saturated heterocycles. The summed E-state index contributed by atoms with van der Waals surface area (Å²) in [5.74, 6) is 0.614. The Balaban J connectivity index is 1.74. The van der Waals surface area contributed by atoms with E-state index in [1.165, 1.54) is 37.1 Å². The molecular weight excluding hydrogens is 482 g/mol. The molecule has 0 radical (unpaired) electrons. The van der Waals surface area contributed by atoms with Crippen LogP contribution in [-0.2, 0) is 4.74 Å². The van der Waals surface area contributed by atoms with Gasteiger partial charge in [-0.1, -0.05) is 87.7 Å². The smallest absolute Gasteiger partial charge is 0.337 e. The minimum atomic E-state index is -0.335. The highest BCUT2D eigenvalue weighted by molar-refractivity contribution is 5.89. The number of fused-ring (bicyclic) bond motifs is 1. The largest absolute Gasteiger partial charge is 0.497 e. The summed E-state index contributed by atoms with van der Waals surface area (Å²) in [5.41, 5.74) is 4.91. The molecule has 2 atom stereocenters. The van der Waals surface area contributed by atoms with Gasteiger partial charge in [-0.15, -0.1) is 0 Å².